The Morgan fingerprint density at radius 1 is 0.206 bits per heavy atom. The van der Waals surface area contributed by atoms with Gasteiger partial charge in [0.15, 0.2) is 0 Å². The third-order valence-electron chi connectivity index (χ3n) is 12.3. The van der Waals surface area contributed by atoms with Crippen molar-refractivity contribution in [3.63, 3.8) is 0 Å². The average molecular weight is 802 g/mol. The first-order valence-corrected chi connectivity index (χ1v) is 21.7. The molecule has 1 nitrogen and oxygen atoms in total. The van der Waals surface area contributed by atoms with Crippen molar-refractivity contribution in [3.8, 4) is 66.8 Å². The van der Waals surface area contributed by atoms with Gasteiger partial charge in [-0.25, -0.2) is 0 Å². The fourth-order valence-corrected chi connectivity index (χ4v) is 8.97. The first kappa shape index (κ1) is 37.7. The molecule has 0 radical (unpaired) electrons. The lowest BCUT2D eigenvalue weighted by Gasteiger charge is -2.29. The second kappa shape index (κ2) is 16.7. The molecule has 0 heterocycles. The van der Waals surface area contributed by atoms with E-state index in [1.807, 2.05) is 0 Å². The number of hydrogen-bond donors (Lipinski definition) is 0. The smallest absolute Gasteiger partial charge is 0.0546 e. The van der Waals surface area contributed by atoms with Crippen LogP contribution in [0.25, 0.3) is 88.3 Å². The van der Waals surface area contributed by atoms with Gasteiger partial charge >= 0.3 is 0 Å². The van der Waals surface area contributed by atoms with Crippen molar-refractivity contribution in [3.05, 3.63) is 261 Å². The van der Waals surface area contributed by atoms with Crippen LogP contribution >= 0.6 is 0 Å². The SMILES string of the molecule is c1ccc(-c2ccc(-c3ccc(N(c4ccc(-c5ccc(-c6cccc7ccccc67)cc5)cc4)c4cc(-c5ccc6ccccc6c5)ccc4-c4ccccc4)cc3)cc2)cc1. The van der Waals surface area contributed by atoms with Crippen molar-refractivity contribution in [2.45, 2.75) is 0 Å². The summed E-state index contributed by atoms with van der Waals surface area (Å²) >= 11 is 0. The van der Waals surface area contributed by atoms with E-state index < -0.39 is 0 Å². The molecule has 11 aromatic rings. The molecule has 11 aromatic carbocycles. The summed E-state index contributed by atoms with van der Waals surface area (Å²) in [5.74, 6) is 0. The Labute approximate surface area is 369 Å². The van der Waals surface area contributed by atoms with Gasteiger partial charge in [0.25, 0.3) is 0 Å². The number of benzene rings is 11. The van der Waals surface area contributed by atoms with E-state index in [9.17, 15) is 0 Å². The molecule has 0 aliphatic carbocycles. The molecule has 0 unspecified atom stereocenters. The number of nitrogens with zero attached hydrogens (tertiary/aromatic N) is 1. The van der Waals surface area contributed by atoms with Gasteiger partial charge in [0.1, 0.15) is 0 Å². The Balaban J connectivity index is 1.00. The fourth-order valence-electron chi connectivity index (χ4n) is 8.97. The normalized spacial score (nSPS) is 11.2. The molecule has 0 atom stereocenters. The van der Waals surface area contributed by atoms with Crippen molar-refractivity contribution in [1.29, 1.82) is 0 Å². The maximum atomic E-state index is 2.42. The highest BCUT2D eigenvalue weighted by molar-refractivity contribution is 5.97. The van der Waals surface area contributed by atoms with Crippen LogP contribution in [0.3, 0.4) is 0 Å². The zero-order valence-corrected chi connectivity index (χ0v) is 34.8. The molecule has 0 amide bonds. The van der Waals surface area contributed by atoms with Crippen molar-refractivity contribution in [1.82, 2.24) is 0 Å². The summed E-state index contributed by atoms with van der Waals surface area (Å²) in [7, 11) is 0. The Morgan fingerprint density at radius 2 is 0.603 bits per heavy atom. The van der Waals surface area contributed by atoms with Crippen LogP contribution in [0.2, 0.25) is 0 Å². The predicted molar refractivity (Wildman–Crippen MR) is 269 cm³/mol. The van der Waals surface area contributed by atoms with Crippen LogP contribution in [0.1, 0.15) is 0 Å². The largest absolute Gasteiger partial charge is 0.310 e. The zero-order chi connectivity index (χ0) is 42.0. The lowest BCUT2D eigenvalue weighted by molar-refractivity contribution is 1.28. The van der Waals surface area contributed by atoms with E-state index >= 15 is 0 Å². The van der Waals surface area contributed by atoms with Gasteiger partial charge in [-0.3, -0.25) is 0 Å². The van der Waals surface area contributed by atoms with Gasteiger partial charge in [0, 0.05) is 16.9 Å². The minimum absolute atomic E-state index is 1.08. The van der Waals surface area contributed by atoms with Crippen molar-refractivity contribution in [2.75, 3.05) is 4.90 Å². The predicted octanol–water partition coefficient (Wildman–Crippen LogP) is 17.5. The van der Waals surface area contributed by atoms with Crippen LogP contribution in [0, 0.1) is 0 Å². The van der Waals surface area contributed by atoms with Crippen molar-refractivity contribution < 1.29 is 0 Å². The first-order chi connectivity index (χ1) is 31.2. The Hall–Kier alpha value is -8.26. The minimum atomic E-state index is 1.08. The molecule has 0 N–H and O–H groups in total. The molecule has 0 bridgehead atoms. The number of fused-ring (bicyclic) bond motifs is 2. The maximum Gasteiger partial charge on any atom is 0.0546 e. The van der Waals surface area contributed by atoms with Crippen LogP contribution in [-0.2, 0) is 0 Å². The molecule has 0 spiro atoms. The molecule has 0 saturated heterocycles. The second-order valence-electron chi connectivity index (χ2n) is 16.1. The molecular formula is C62H43N. The van der Waals surface area contributed by atoms with E-state index in [0.29, 0.717) is 0 Å². The molecule has 11 rings (SSSR count). The molecule has 296 valence electrons. The van der Waals surface area contributed by atoms with Gasteiger partial charge in [-0.05, 0) is 119 Å². The summed E-state index contributed by atoms with van der Waals surface area (Å²) in [5, 5.41) is 4.99. The van der Waals surface area contributed by atoms with E-state index in [4.69, 9.17) is 0 Å². The lowest BCUT2D eigenvalue weighted by Crippen LogP contribution is -2.11. The topological polar surface area (TPSA) is 3.24 Å². The number of rotatable bonds is 9. The highest BCUT2D eigenvalue weighted by Crippen LogP contribution is 2.44. The zero-order valence-electron chi connectivity index (χ0n) is 34.8. The monoisotopic (exact) mass is 801 g/mol. The molecule has 0 saturated carbocycles. The van der Waals surface area contributed by atoms with E-state index in [-0.39, 0.29) is 0 Å². The quantitative estimate of drug-likeness (QED) is 0.141. The third-order valence-corrected chi connectivity index (χ3v) is 12.3. The van der Waals surface area contributed by atoms with Crippen molar-refractivity contribution in [2.24, 2.45) is 0 Å². The molecule has 1 heteroatoms. The molecule has 0 fully saturated rings. The lowest BCUT2D eigenvalue weighted by atomic mass is 9.95. The summed E-state index contributed by atoms with van der Waals surface area (Å²) in [6.07, 6.45) is 0. The van der Waals surface area contributed by atoms with Crippen LogP contribution in [0.15, 0.2) is 261 Å². The second-order valence-corrected chi connectivity index (χ2v) is 16.1. The highest BCUT2D eigenvalue weighted by Gasteiger charge is 2.19. The van der Waals surface area contributed by atoms with Gasteiger partial charge in [-0.15, -0.1) is 0 Å². The van der Waals surface area contributed by atoms with Crippen LogP contribution in [0.4, 0.5) is 17.1 Å². The first-order valence-electron chi connectivity index (χ1n) is 21.7. The summed E-state index contributed by atoms with van der Waals surface area (Å²) in [6, 6.07) is 94.7. The molecular weight excluding hydrogens is 759 g/mol. The van der Waals surface area contributed by atoms with Gasteiger partial charge in [0.2, 0.25) is 0 Å². The molecule has 0 aliphatic rings. The van der Waals surface area contributed by atoms with Gasteiger partial charge in [-0.1, -0.05) is 224 Å². The number of hydrogen-bond acceptors (Lipinski definition) is 1. The summed E-state index contributed by atoms with van der Waals surface area (Å²) in [5.41, 5.74) is 17.6. The summed E-state index contributed by atoms with van der Waals surface area (Å²) in [4.78, 5) is 2.42. The van der Waals surface area contributed by atoms with E-state index in [1.165, 1.54) is 82.7 Å². The van der Waals surface area contributed by atoms with Crippen LogP contribution in [0.5, 0.6) is 0 Å². The van der Waals surface area contributed by atoms with Crippen molar-refractivity contribution >= 4 is 38.6 Å². The van der Waals surface area contributed by atoms with Gasteiger partial charge in [-0.2, -0.15) is 0 Å². The van der Waals surface area contributed by atoms with E-state index in [0.717, 1.165) is 22.6 Å². The standard InChI is InChI=1S/C62H43N/c1-3-12-44(13-4-1)46-22-24-47(25-23-46)49-32-37-57(38-33-49)63(58-39-34-50(35-40-58)48-26-29-53(30-27-48)60-21-11-19-51-17-9-10-20-59(51)60)62-43-56(36-41-61(62)52-15-5-2-6-16-52)55-31-28-45-14-7-8-18-54(45)42-55/h1-43H. The molecule has 63 heavy (non-hydrogen) atoms. The highest BCUT2D eigenvalue weighted by atomic mass is 15.1. The summed E-state index contributed by atoms with van der Waals surface area (Å²) < 4.78 is 0. The van der Waals surface area contributed by atoms with E-state index in [2.05, 4.69) is 266 Å². The van der Waals surface area contributed by atoms with Gasteiger partial charge in [0.05, 0.1) is 5.69 Å². The number of anilines is 3. The Bertz CT molecular complexity index is 3330. The Kier molecular flexibility index (Phi) is 9.97. The molecule has 0 aliphatic heterocycles. The maximum absolute atomic E-state index is 2.42. The third kappa shape index (κ3) is 7.58. The van der Waals surface area contributed by atoms with E-state index in [1.54, 1.807) is 0 Å². The summed E-state index contributed by atoms with van der Waals surface area (Å²) in [6.45, 7) is 0. The van der Waals surface area contributed by atoms with Crippen LogP contribution < -0.4 is 4.90 Å². The van der Waals surface area contributed by atoms with Gasteiger partial charge < -0.3 is 4.90 Å². The minimum Gasteiger partial charge on any atom is -0.310 e. The fraction of sp³-hybridized carbons (Fsp3) is 0. The molecule has 0 aromatic heterocycles. The Morgan fingerprint density at radius 3 is 1.21 bits per heavy atom. The average Bonchev–Trinajstić information content (AvgIpc) is 3.37. The van der Waals surface area contributed by atoms with Crippen LogP contribution in [-0.4, -0.2) is 0 Å².